The van der Waals surface area contributed by atoms with Crippen LogP contribution in [0.3, 0.4) is 0 Å². The Labute approximate surface area is 208 Å². The van der Waals surface area contributed by atoms with Crippen molar-refractivity contribution in [1.82, 2.24) is 19.8 Å². The number of hydrogen-bond acceptors (Lipinski definition) is 6. The number of nitrogens with zero attached hydrogens (tertiary/aromatic N) is 5. The topological polar surface area (TPSA) is 72.8 Å². The van der Waals surface area contributed by atoms with Gasteiger partial charge in [-0.1, -0.05) is 19.1 Å². The highest BCUT2D eigenvalue weighted by Gasteiger charge is 2.40. The lowest BCUT2D eigenvalue weighted by Crippen LogP contribution is -2.52. The van der Waals surface area contributed by atoms with Gasteiger partial charge in [0.15, 0.2) is 0 Å². The highest BCUT2D eigenvalue weighted by Crippen LogP contribution is 2.43. The molecule has 194 valence electrons. The number of aliphatic hydroxyl groups excluding tert-OH is 1. The van der Waals surface area contributed by atoms with E-state index >= 15 is 0 Å². The predicted octanol–water partition coefficient (Wildman–Crippen LogP) is 3.56. The summed E-state index contributed by atoms with van der Waals surface area (Å²) in [6.07, 6.45) is -1.07. The molecule has 10 heteroatoms. The fourth-order valence-corrected chi connectivity index (χ4v) is 6.06. The van der Waals surface area contributed by atoms with E-state index in [-0.39, 0.29) is 17.9 Å². The Bertz CT molecular complexity index is 1100. The summed E-state index contributed by atoms with van der Waals surface area (Å²) in [5, 5.41) is 10.3. The largest absolute Gasteiger partial charge is 0.416 e. The van der Waals surface area contributed by atoms with E-state index in [1.165, 1.54) is 18.5 Å². The quantitative estimate of drug-likeness (QED) is 0.688. The molecule has 2 saturated heterocycles. The van der Waals surface area contributed by atoms with Crippen LogP contribution in [0.5, 0.6) is 0 Å². The third kappa shape index (κ3) is 4.56. The Morgan fingerprint density at radius 2 is 1.78 bits per heavy atom. The first-order valence-electron chi connectivity index (χ1n) is 12.6. The molecular weight excluding hydrogens is 471 g/mol. The number of carbonyl (C=O) groups excluding carboxylic acids is 1. The van der Waals surface area contributed by atoms with Crippen LogP contribution in [0.15, 0.2) is 30.6 Å². The van der Waals surface area contributed by atoms with Crippen molar-refractivity contribution < 1.29 is 23.1 Å². The van der Waals surface area contributed by atoms with Crippen molar-refractivity contribution in [3.05, 3.63) is 53.0 Å². The van der Waals surface area contributed by atoms with Gasteiger partial charge in [0.1, 0.15) is 12.1 Å². The van der Waals surface area contributed by atoms with Crippen LogP contribution in [-0.4, -0.2) is 76.6 Å². The van der Waals surface area contributed by atoms with Crippen molar-refractivity contribution in [1.29, 1.82) is 0 Å². The molecular formula is C26H32F3N5O2. The molecule has 0 bridgehead atoms. The van der Waals surface area contributed by atoms with Gasteiger partial charge in [0.05, 0.1) is 23.3 Å². The number of anilines is 1. The van der Waals surface area contributed by atoms with E-state index < -0.39 is 23.8 Å². The Kier molecular flexibility index (Phi) is 6.67. The van der Waals surface area contributed by atoms with Crippen molar-refractivity contribution >= 4 is 11.7 Å². The SMILES string of the molecule is CC1C[C@@H](O)c2ncnc(N3CCN(C(=O)[C@@H](c4ccc(C(F)(F)F)cc4)[C@@H]4CCCN4C)CC3)c21. The van der Waals surface area contributed by atoms with Crippen molar-refractivity contribution in [2.45, 2.75) is 56.3 Å². The Morgan fingerprint density at radius 1 is 1.08 bits per heavy atom. The molecule has 2 aliphatic heterocycles. The zero-order valence-electron chi connectivity index (χ0n) is 20.6. The highest BCUT2D eigenvalue weighted by molar-refractivity contribution is 5.85. The monoisotopic (exact) mass is 503 g/mol. The summed E-state index contributed by atoms with van der Waals surface area (Å²) >= 11 is 0. The molecule has 5 rings (SSSR count). The fourth-order valence-electron chi connectivity index (χ4n) is 6.06. The number of benzene rings is 1. The molecule has 1 aromatic heterocycles. The smallest absolute Gasteiger partial charge is 0.387 e. The van der Waals surface area contributed by atoms with Crippen LogP contribution in [0, 0.1) is 0 Å². The first kappa shape index (κ1) is 25.0. The second-order valence-electron chi connectivity index (χ2n) is 10.2. The third-order valence-electron chi connectivity index (χ3n) is 7.99. The minimum Gasteiger partial charge on any atom is -0.387 e. The molecule has 1 aliphatic carbocycles. The zero-order chi connectivity index (χ0) is 25.6. The molecule has 1 N–H and O–H groups in total. The van der Waals surface area contributed by atoms with Crippen LogP contribution in [0.4, 0.5) is 19.0 Å². The lowest BCUT2D eigenvalue weighted by Gasteiger charge is -2.39. The normalized spacial score (nSPS) is 25.8. The van der Waals surface area contributed by atoms with Gasteiger partial charge in [-0.3, -0.25) is 4.79 Å². The average Bonchev–Trinajstić information content (AvgIpc) is 3.41. The highest BCUT2D eigenvalue weighted by atomic mass is 19.4. The average molecular weight is 504 g/mol. The number of aromatic nitrogens is 2. The van der Waals surface area contributed by atoms with E-state index in [0.29, 0.717) is 43.9 Å². The number of rotatable bonds is 4. The minimum absolute atomic E-state index is 0.0372. The molecule has 1 amide bonds. The van der Waals surface area contributed by atoms with E-state index in [4.69, 9.17) is 0 Å². The molecule has 0 spiro atoms. The summed E-state index contributed by atoms with van der Waals surface area (Å²) in [6.45, 7) is 5.13. The van der Waals surface area contributed by atoms with Crippen LogP contribution in [-0.2, 0) is 11.0 Å². The van der Waals surface area contributed by atoms with Crippen LogP contribution in [0.1, 0.15) is 66.5 Å². The molecule has 1 aromatic carbocycles. The van der Waals surface area contributed by atoms with Gasteiger partial charge in [0.2, 0.25) is 5.91 Å². The van der Waals surface area contributed by atoms with Crippen LogP contribution in [0.2, 0.25) is 0 Å². The van der Waals surface area contributed by atoms with E-state index in [1.807, 2.05) is 11.9 Å². The second kappa shape index (κ2) is 9.63. The number of carbonyl (C=O) groups is 1. The fraction of sp³-hybridized carbons (Fsp3) is 0.577. The number of likely N-dealkylation sites (tertiary alicyclic amines) is 1. The number of fused-ring (bicyclic) bond motifs is 1. The maximum Gasteiger partial charge on any atom is 0.416 e. The number of amides is 1. The van der Waals surface area contributed by atoms with Gasteiger partial charge in [-0.2, -0.15) is 13.2 Å². The maximum absolute atomic E-state index is 13.8. The molecule has 2 fully saturated rings. The Balaban J connectivity index is 1.34. The lowest BCUT2D eigenvalue weighted by atomic mass is 9.87. The molecule has 3 heterocycles. The van der Waals surface area contributed by atoms with E-state index in [9.17, 15) is 23.1 Å². The summed E-state index contributed by atoms with van der Waals surface area (Å²) < 4.78 is 39.4. The third-order valence-corrected chi connectivity index (χ3v) is 7.99. The Hall–Kier alpha value is -2.72. The van der Waals surface area contributed by atoms with Gasteiger partial charge >= 0.3 is 6.18 Å². The summed E-state index contributed by atoms with van der Waals surface area (Å²) in [4.78, 5) is 28.8. The number of halogens is 3. The van der Waals surface area contributed by atoms with Gasteiger partial charge in [-0.15, -0.1) is 0 Å². The molecule has 2 aromatic rings. The minimum atomic E-state index is -4.41. The standard InChI is InChI=1S/C26H32F3N5O2/c1-16-14-20(35)23-21(16)24(31-15-30-23)33-10-12-34(13-11-33)25(36)22(19-4-3-9-32(19)2)17-5-7-18(8-6-17)26(27,28)29/h5-8,15-16,19-20,22,35H,3-4,9-14H2,1-2H3/t16?,19-,20+,22-/m0/s1. The van der Waals surface area contributed by atoms with Crippen molar-refractivity contribution in [2.24, 2.45) is 0 Å². The van der Waals surface area contributed by atoms with Gasteiger partial charge < -0.3 is 19.8 Å². The maximum atomic E-state index is 13.8. The summed E-state index contributed by atoms with van der Waals surface area (Å²) in [7, 11) is 1.98. The van der Waals surface area contributed by atoms with Gasteiger partial charge in [-0.05, 0) is 56.5 Å². The van der Waals surface area contributed by atoms with Crippen molar-refractivity contribution in [3.63, 3.8) is 0 Å². The number of aliphatic hydroxyl groups is 1. The van der Waals surface area contributed by atoms with Crippen LogP contribution < -0.4 is 4.90 Å². The molecule has 0 saturated carbocycles. The van der Waals surface area contributed by atoms with E-state index in [1.54, 1.807) is 0 Å². The van der Waals surface area contributed by atoms with Gasteiger partial charge in [0.25, 0.3) is 0 Å². The number of hydrogen-bond donors (Lipinski definition) is 1. The molecule has 4 atom stereocenters. The molecule has 3 aliphatic rings. The lowest BCUT2D eigenvalue weighted by molar-refractivity contribution is -0.137. The van der Waals surface area contributed by atoms with Gasteiger partial charge in [0, 0.05) is 37.8 Å². The molecule has 1 unspecified atom stereocenters. The molecule has 7 nitrogen and oxygen atoms in total. The summed E-state index contributed by atoms with van der Waals surface area (Å²) in [5.74, 6) is 0.438. The van der Waals surface area contributed by atoms with Gasteiger partial charge in [-0.25, -0.2) is 9.97 Å². The van der Waals surface area contributed by atoms with E-state index in [2.05, 4.69) is 26.7 Å². The first-order chi connectivity index (χ1) is 17.1. The molecule has 36 heavy (non-hydrogen) atoms. The zero-order valence-corrected chi connectivity index (χ0v) is 20.6. The predicted molar refractivity (Wildman–Crippen MR) is 129 cm³/mol. The van der Waals surface area contributed by atoms with Crippen LogP contribution in [0.25, 0.3) is 0 Å². The number of piperazine rings is 1. The number of likely N-dealkylation sites (N-methyl/N-ethyl adjacent to an activating group) is 1. The summed E-state index contributed by atoms with van der Waals surface area (Å²) in [6, 6.07) is 5.04. The van der Waals surface area contributed by atoms with E-state index in [0.717, 1.165) is 42.9 Å². The van der Waals surface area contributed by atoms with Crippen molar-refractivity contribution in [3.8, 4) is 0 Å². The van der Waals surface area contributed by atoms with Crippen LogP contribution >= 0.6 is 0 Å². The number of alkyl halides is 3. The first-order valence-corrected chi connectivity index (χ1v) is 12.6. The van der Waals surface area contributed by atoms with Crippen molar-refractivity contribution in [2.75, 3.05) is 44.7 Å². The Morgan fingerprint density at radius 3 is 2.39 bits per heavy atom. The second-order valence-corrected chi connectivity index (χ2v) is 10.2. The molecule has 0 radical (unpaired) electrons. The summed E-state index contributed by atoms with van der Waals surface area (Å²) in [5.41, 5.74) is 1.60.